The van der Waals surface area contributed by atoms with Gasteiger partial charge in [-0.05, 0) is 20.8 Å². The molecule has 1 heterocycles. The van der Waals surface area contributed by atoms with Crippen LogP contribution in [0.25, 0.3) is 0 Å². The Kier molecular flexibility index (Phi) is 3.91. The second-order valence-electron chi connectivity index (χ2n) is 4.77. The van der Waals surface area contributed by atoms with E-state index in [9.17, 15) is 9.59 Å². The fraction of sp³-hybridized carbons (Fsp3) is 0.818. The minimum absolute atomic E-state index is 0.0482. The first-order valence-electron chi connectivity index (χ1n) is 5.48. The minimum Gasteiger partial charge on any atom is -0.382 e. The van der Waals surface area contributed by atoms with Crippen LogP contribution in [0.1, 0.15) is 27.2 Å². The van der Waals surface area contributed by atoms with E-state index in [0.717, 1.165) is 0 Å². The highest BCUT2D eigenvalue weighted by atomic mass is 16.5. The van der Waals surface area contributed by atoms with Gasteiger partial charge in [-0.25, -0.2) is 0 Å². The summed E-state index contributed by atoms with van der Waals surface area (Å²) in [5.41, 5.74) is -0.383. The molecule has 0 aromatic carbocycles. The van der Waals surface area contributed by atoms with Crippen LogP contribution in [0, 0.1) is 0 Å². The predicted molar refractivity (Wildman–Crippen MR) is 59.9 cm³/mol. The zero-order chi connectivity index (χ0) is 12.3. The lowest BCUT2D eigenvalue weighted by molar-refractivity contribution is -0.139. The highest BCUT2D eigenvalue weighted by Gasteiger charge is 2.36. The van der Waals surface area contributed by atoms with Gasteiger partial charge >= 0.3 is 0 Å². The zero-order valence-electron chi connectivity index (χ0n) is 10.4. The van der Waals surface area contributed by atoms with E-state index in [4.69, 9.17) is 4.74 Å². The van der Waals surface area contributed by atoms with Gasteiger partial charge in [0.1, 0.15) is 6.04 Å². The predicted octanol–water partition coefficient (Wildman–Crippen LogP) is 0.148. The van der Waals surface area contributed by atoms with Crippen LogP contribution in [0.4, 0.5) is 0 Å². The van der Waals surface area contributed by atoms with E-state index >= 15 is 0 Å². The summed E-state index contributed by atoms with van der Waals surface area (Å²) in [6, 6.07) is -0.453. The number of hydrogen-bond acceptors (Lipinski definition) is 3. The number of nitrogens with zero attached hydrogens (tertiary/aromatic N) is 1. The van der Waals surface area contributed by atoms with Gasteiger partial charge in [-0.3, -0.25) is 9.59 Å². The van der Waals surface area contributed by atoms with Gasteiger partial charge in [-0.1, -0.05) is 0 Å². The Morgan fingerprint density at radius 1 is 1.50 bits per heavy atom. The van der Waals surface area contributed by atoms with Crippen LogP contribution in [0.3, 0.4) is 0 Å². The van der Waals surface area contributed by atoms with Gasteiger partial charge in [0, 0.05) is 20.1 Å². The molecular weight excluding hydrogens is 208 g/mol. The lowest BCUT2D eigenvalue weighted by atomic mass is 10.0. The van der Waals surface area contributed by atoms with E-state index in [-0.39, 0.29) is 17.4 Å². The summed E-state index contributed by atoms with van der Waals surface area (Å²) in [6.07, 6.45) is 0.350. The maximum atomic E-state index is 12.1. The molecule has 5 nitrogen and oxygen atoms in total. The van der Waals surface area contributed by atoms with Crippen molar-refractivity contribution in [1.29, 1.82) is 0 Å². The molecule has 92 valence electrons. The molecule has 16 heavy (non-hydrogen) atoms. The quantitative estimate of drug-likeness (QED) is 0.748. The highest BCUT2D eigenvalue weighted by Crippen LogP contribution is 2.18. The van der Waals surface area contributed by atoms with Crippen molar-refractivity contribution in [3.05, 3.63) is 0 Å². The summed E-state index contributed by atoms with van der Waals surface area (Å²) in [4.78, 5) is 25.1. The second kappa shape index (κ2) is 4.82. The number of rotatable bonds is 3. The molecule has 0 aromatic heterocycles. The fourth-order valence-corrected chi connectivity index (χ4v) is 1.96. The molecule has 1 aliphatic rings. The second-order valence-corrected chi connectivity index (χ2v) is 4.77. The van der Waals surface area contributed by atoms with Gasteiger partial charge in [0.2, 0.25) is 11.8 Å². The third-order valence-electron chi connectivity index (χ3n) is 2.80. The van der Waals surface area contributed by atoms with Crippen LogP contribution >= 0.6 is 0 Å². The van der Waals surface area contributed by atoms with Crippen molar-refractivity contribution in [2.75, 3.05) is 20.3 Å². The summed E-state index contributed by atoms with van der Waals surface area (Å²) in [5, 5.41) is 2.66. The average Bonchev–Trinajstić information content (AvgIpc) is 2.27. The van der Waals surface area contributed by atoms with Gasteiger partial charge in [-0.2, -0.15) is 0 Å². The third-order valence-corrected chi connectivity index (χ3v) is 2.80. The standard InChI is InChI=1S/C11H20N2O3/c1-8-10(15)13(6-5-9(14)12-8)11(2,3)7-16-4/h8H,5-7H2,1-4H3,(H,12,14). The third kappa shape index (κ3) is 2.72. The molecule has 1 N–H and O–H groups in total. The molecule has 0 radical (unpaired) electrons. The molecule has 1 atom stereocenters. The molecule has 0 aliphatic carbocycles. The van der Waals surface area contributed by atoms with E-state index < -0.39 is 6.04 Å². The Balaban J connectivity index is 2.85. The zero-order valence-corrected chi connectivity index (χ0v) is 10.4. The Morgan fingerprint density at radius 2 is 2.12 bits per heavy atom. The summed E-state index contributed by atoms with van der Waals surface area (Å²) in [6.45, 7) is 6.50. The van der Waals surface area contributed by atoms with Gasteiger partial charge < -0.3 is 15.0 Å². The topological polar surface area (TPSA) is 58.6 Å². The number of methoxy groups -OCH3 is 1. The fourth-order valence-electron chi connectivity index (χ4n) is 1.96. The molecule has 2 amide bonds. The number of ether oxygens (including phenoxy) is 1. The first-order valence-corrected chi connectivity index (χ1v) is 5.48. The maximum Gasteiger partial charge on any atom is 0.245 e. The van der Waals surface area contributed by atoms with Gasteiger partial charge in [0.25, 0.3) is 0 Å². The molecular formula is C11H20N2O3. The summed E-state index contributed by atoms with van der Waals surface area (Å²) < 4.78 is 5.11. The van der Waals surface area contributed by atoms with Crippen LogP contribution in [0.2, 0.25) is 0 Å². The van der Waals surface area contributed by atoms with Crippen molar-refractivity contribution in [1.82, 2.24) is 10.2 Å². The molecule has 0 saturated carbocycles. The van der Waals surface area contributed by atoms with Crippen molar-refractivity contribution >= 4 is 11.8 Å². The van der Waals surface area contributed by atoms with Crippen LogP contribution in [-0.2, 0) is 14.3 Å². The van der Waals surface area contributed by atoms with E-state index in [1.807, 2.05) is 13.8 Å². The SMILES string of the molecule is COCC(C)(C)N1CCC(=O)NC(C)C1=O. The van der Waals surface area contributed by atoms with Gasteiger partial charge in [0.15, 0.2) is 0 Å². The van der Waals surface area contributed by atoms with Crippen LogP contribution in [0.5, 0.6) is 0 Å². The van der Waals surface area contributed by atoms with Crippen molar-refractivity contribution in [3.8, 4) is 0 Å². The molecule has 0 aromatic rings. The van der Waals surface area contributed by atoms with Crippen LogP contribution in [0.15, 0.2) is 0 Å². The first-order chi connectivity index (χ1) is 7.38. The molecule has 0 bridgehead atoms. The summed E-state index contributed by atoms with van der Waals surface area (Å²) >= 11 is 0. The number of hydrogen-bond donors (Lipinski definition) is 1. The molecule has 1 rings (SSSR count). The molecule has 0 spiro atoms. The maximum absolute atomic E-state index is 12.1. The average molecular weight is 228 g/mol. The lowest BCUT2D eigenvalue weighted by Gasteiger charge is -2.38. The Labute approximate surface area is 96.1 Å². The molecule has 1 saturated heterocycles. The summed E-state index contributed by atoms with van der Waals surface area (Å²) in [5.74, 6) is -0.121. The van der Waals surface area contributed by atoms with E-state index in [1.54, 1.807) is 18.9 Å². The van der Waals surface area contributed by atoms with E-state index in [0.29, 0.717) is 19.6 Å². The number of nitrogens with one attached hydrogen (secondary N) is 1. The van der Waals surface area contributed by atoms with Crippen molar-refractivity contribution in [2.24, 2.45) is 0 Å². The van der Waals surface area contributed by atoms with Crippen LogP contribution in [-0.4, -0.2) is 48.6 Å². The van der Waals surface area contributed by atoms with Crippen molar-refractivity contribution in [3.63, 3.8) is 0 Å². The van der Waals surface area contributed by atoms with Gasteiger partial charge in [0.05, 0.1) is 12.1 Å². The molecule has 1 fully saturated rings. The number of carbonyl (C=O) groups excluding carboxylic acids is 2. The van der Waals surface area contributed by atoms with Crippen molar-refractivity contribution in [2.45, 2.75) is 38.8 Å². The minimum atomic E-state index is -0.453. The Morgan fingerprint density at radius 3 is 2.69 bits per heavy atom. The smallest absolute Gasteiger partial charge is 0.245 e. The van der Waals surface area contributed by atoms with Gasteiger partial charge in [-0.15, -0.1) is 0 Å². The Hall–Kier alpha value is -1.10. The van der Waals surface area contributed by atoms with Crippen LogP contribution < -0.4 is 5.32 Å². The first kappa shape index (κ1) is 13.0. The Bertz CT molecular complexity index is 289. The monoisotopic (exact) mass is 228 g/mol. The summed E-state index contributed by atoms with van der Waals surface area (Å²) in [7, 11) is 1.61. The normalized spacial score (nSPS) is 23.0. The molecule has 5 heteroatoms. The number of carbonyl (C=O) groups is 2. The lowest BCUT2D eigenvalue weighted by Crippen LogP contribution is -2.54. The molecule has 1 unspecified atom stereocenters. The largest absolute Gasteiger partial charge is 0.382 e. The van der Waals surface area contributed by atoms with Crippen molar-refractivity contribution < 1.29 is 14.3 Å². The van der Waals surface area contributed by atoms with E-state index in [1.165, 1.54) is 0 Å². The van der Waals surface area contributed by atoms with E-state index in [2.05, 4.69) is 5.32 Å². The highest BCUT2D eigenvalue weighted by molar-refractivity contribution is 5.90. The number of amides is 2. The molecule has 1 aliphatic heterocycles.